The second-order valence-electron chi connectivity index (χ2n) is 8.62. The van der Waals surface area contributed by atoms with Crippen LogP contribution < -0.4 is 10.6 Å². The van der Waals surface area contributed by atoms with Crippen LogP contribution in [0.15, 0.2) is 24.3 Å². The molecule has 168 valence electrons. The Labute approximate surface area is 190 Å². The zero-order valence-electron chi connectivity index (χ0n) is 18.2. The van der Waals surface area contributed by atoms with Crippen molar-refractivity contribution in [2.24, 2.45) is 5.92 Å². The van der Waals surface area contributed by atoms with Gasteiger partial charge in [0.25, 0.3) is 5.69 Å². The van der Waals surface area contributed by atoms with Gasteiger partial charge in [-0.1, -0.05) is 13.8 Å². The Morgan fingerprint density at radius 2 is 1.94 bits per heavy atom. The molecule has 0 aliphatic carbocycles. The third-order valence-electron chi connectivity index (χ3n) is 6.31. The highest BCUT2D eigenvalue weighted by atomic mass is 32.1. The summed E-state index contributed by atoms with van der Waals surface area (Å²) in [5.41, 5.74) is 10.7. The Kier molecular flexibility index (Phi) is 5.48. The van der Waals surface area contributed by atoms with E-state index in [0.29, 0.717) is 31.4 Å². The molecule has 4 heterocycles. The molecule has 32 heavy (non-hydrogen) atoms. The number of nitrogens with two attached hydrogens (primary N) is 1. The van der Waals surface area contributed by atoms with Crippen molar-refractivity contribution in [3.63, 3.8) is 0 Å². The van der Waals surface area contributed by atoms with Crippen LogP contribution in [0.5, 0.6) is 0 Å². The first-order chi connectivity index (χ1) is 15.4. The van der Waals surface area contributed by atoms with Gasteiger partial charge in [0.1, 0.15) is 10.6 Å². The van der Waals surface area contributed by atoms with E-state index in [2.05, 4.69) is 18.7 Å². The molecule has 1 fully saturated rings. The number of nitrogens with zero attached hydrogens (tertiary/aromatic N) is 3. The summed E-state index contributed by atoms with van der Waals surface area (Å²) in [7, 11) is 0. The fraction of sp³-hybridized carbons (Fsp3) is 0.435. The molecule has 0 saturated carbocycles. The van der Waals surface area contributed by atoms with Crippen molar-refractivity contribution in [1.82, 2.24) is 4.98 Å². The second kappa shape index (κ2) is 8.31. The molecular weight excluding hydrogens is 428 g/mol. The van der Waals surface area contributed by atoms with Gasteiger partial charge in [0.15, 0.2) is 0 Å². The van der Waals surface area contributed by atoms with Crippen molar-refractivity contribution in [3.8, 4) is 10.4 Å². The molecule has 2 aliphatic heterocycles. The molecule has 9 heteroatoms. The fourth-order valence-electron chi connectivity index (χ4n) is 4.49. The highest BCUT2D eigenvalue weighted by Gasteiger charge is 2.31. The molecule has 0 unspecified atom stereocenters. The van der Waals surface area contributed by atoms with Crippen LogP contribution in [-0.2, 0) is 22.5 Å². The molecule has 0 bridgehead atoms. The largest absolute Gasteiger partial charge is 0.397 e. The number of nitrogen functional groups attached to an aromatic ring is 1. The molecular formula is C23H26N4O4S. The summed E-state index contributed by atoms with van der Waals surface area (Å²) in [6, 6.07) is 6.55. The Bertz CT molecular complexity index is 1170. The Morgan fingerprint density at radius 3 is 2.59 bits per heavy atom. The molecule has 1 atom stereocenters. The molecule has 8 nitrogen and oxygen atoms in total. The standard InChI is InChI=1S/C23H26N4O4S/c1-13(2)18-11-16-17(12-31-18)22(26-7-9-30-10-8-26)25-23-19(16)20(24)21(32-23)14-3-5-15(6-4-14)27(28)29/h3-6,13,18H,7-12,24H2,1-2H3/t18-/m1/s1. The number of thiophene rings is 1. The molecule has 2 aromatic heterocycles. The number of morpholine rings is 1. The lowest BCUT2D eigenvalue weighted by Gasteiger charge is -2.34. The number of pyridine rings is 1. The number of nitro benzene ring substituents is 1. The first-order valence-corrected chi connectivity index (χ1v) is 11.7. The van der Waals surface area contributed by atoms with E-state index < -0.39 is 4.92 Å². The van der Waals surface area contributed by atoms with Crippen LogP contribution in [0.1, 0.15) is 25.0 Å². The van der Waals surface area contributed by atoms with Gasteiger partial charge < -0.3 is 20.1 Å². The van der Waals surface area contributed by atoms with E-state index in [0.717, 1.165) is 51.5 Å². The minimum Gasteiger partial charge on any atom is -0.397 e. The Hall–Kier alpha value is -2.75. The lowest BCUT2D eigenvalue weighted by Crippen LogP contribution is -2.38. The van der Waals surface area contributed by atoms with Gasteiger partial charge in [-0.25, -0.2) is 4.98 Å². The van der Waals surface area contributed by atoms with E-state index in [1.54, 1.807) is 23.5 Å². The lowest BCUT2D eigenvalue weighted by molar-refractivity contribution is -0.384. The number of hydrogen-bond acceptors (Lipinski definition) is 8. The molecule has 1 saturated heterocycles. The van der Waals surface area contributed by atoms with Crippen LogP contribution in [0.2, 0.25) is 0 Å². The van der Waals surface area contributed by atoms with Gasteiger partial charge >= 0.3 is 0 Å². The minimum atomic E-state index is -0.392. The van der Waals surface area contributed by atoms with E-state index in [1.807, 2.05) is 0 Å². The normalized spacial score (nSPS) is 18.8. The fourth-order valence-corrected chi connectivity index (χ4v) is 5.62. The van der Waals surface area contributed by atoms with E-state index in [-0.39, 0.29) is 11.8 Å². The van der Waals surface area contributed by atoms with Crippen LogP contribution in [0.4, 0.5) is 17.2 Å². The average molecular weight is 455 g/mol. The Balaban J connectivity index is 1.67. The summed E-state index contributed by atoms with van der Waals surface area (Å²) in [6.07, 6.45) is 0.928. The number of non-ortho nitro benzene ring substituents is 1. The molecule has 0 amide bonds. The zero-order chi connectivity index (χ0) is 22.4. The number of aromatic nitrogens is 1. The van der Waals surface area contributed by atoms with Gasteiger partial charge in [0, 0.05) is 42.6 Å². The van der Waals surface area contributed by atoms with E-state index in [1.165, 1.54) is 17.7 Å². The number of anilines is 2. The van der Waals surface area contributed by atoms with Crippen molar-refractivity contribution in [3.05, 3.63) is 45.5 Å². The summed E-state index contributed by atoms with van der Waals surface area (Å²) < 4.78 is 11.8. The topological polar surface area (TPSA) is 104 Å². The van der Waals surface area contributed by atoms with Crippen LogP contribution in [-0.4, -0.2) is 42.3 Å². The number of hydrogen-bond donors (Lipinski definition) is 1. The van der Waals surface area contributed by atoms with Crippen molar-refractivity contribution in [2.45, 2.75) is 33.0 Å². The maximum Gasteiger partial charge on any atom is 0.269 e. The molecule has 0 radical (unpaired) electrons. The molecule has 2 N–H and O–H groups in total. The first kappa shape index (κ1) is 21.1. The lowest BCUT2D eigenvalue weighted by atomic mass is 9.91. The molecule has 5 rings (SSSR count). The summed E-state index contributed by atoms with van der Waals surface area (Å²) in [6.45, 7) is 7.85. The van der Waals surface area contributed by atoms with Crippen molar-refractivity contribution in [2.75, 3.05) is 36.9 Å². The predicted octanol–water partition coefficient (Wildman–Crippen LogP) is 4.39. The number of fused-ring (bicyclic) bond motifs is 3. The van der Waals surface area contributed by atoms with E-state index >= 15 is 0 Å². The van der Waals surface area contributed by atoms with Crippen LogP contribution >= 0.6 is 11.3 Å². The van der Waals surface area contributed by atoms with Crippen LogP contribution in [0, 0.1) is 16.0 Å². The summed E-state index contributed by atoms with van der Waals surface area (Å²) in [5.74, 6) is 1.36. The van der Waals surface area contributed by atoms with Gasteiger partial charge in [-0.3, -0.25) is 10.1 Å². The SMILES string of the molecule is CC(C)[C@H]1Cc2c(c(N3CCOCC3)nc3sc(-c4ccc([N+](=O)[O-])cc4)c(N)c23)CO1. The Morgan fingerprint density at radius 1 is 1.22 bits per heavy atom. The predicted molar refractivity (Wildman–Crippen MR) is 126 cm³/mol. The van der Waals surface area contributed by atoms with Gasteiger partial charge in [0.05, 0.1) is 41.4 Å². The zero-order valence-corrected chi connectivity index (χ0v) is 19.0. The number of nitro groups is 1. The van der Waals surface area contributed by atoms with E-state index in [9.17, 15) is 10.1 Å². The van der Waals surface area contributed by atoms with Gasteiger partial charge in [-0.05, 0) is 29.2 Å². The van der Waals surface area contributed by atoms with E-state index in [4.69, 9.17) is 20.2 Å². The molecule has 0 spiro atoms. The maximum absolute atomic E-state index is 11.0. The average Bonchev–Trinajstić information content (AvgIpc) is 3.15. The molecule has 3 aromatic rings. The summed E-state index contributed by atoms with van der Waals surface area (Å²) >= 11 is 1.55. The highest BCUT2D eigenvalue weighted by Crippen LogP contribution is 2.46. The van der Waals surface area contributed by atoms with Crippen LogP contribution in [0.25, 0.3) is 20.7 Å². The first-order valence-electron chi connectivity index (χ1n) is 10.9. The van der Waals surface area contributed by atoms with Crippen LogP contribution in [0.3, 0.4) is 0 Å². The number of ether oxygens (including phenoxy) is 2. The molecule has 2 aliphatic rings. The van der Waals surface area contributed by atoms with Crippen molar-refractivity contribution in [1.29, 1.82) is 0 Å². The smallest absolute Gasteiger partial charge is 0.269 e. The third-order valence-corrected chi connectivity index (χ3v) is 7.46. The maximum atomic E-state index is 11.0. The van der Waals surface area contributed by atoms with Gasteiger partial charge in [0.2, 0.25) is 0 Å². The van der Waals surface area contributed by atoms with Gasteiger partial charge in [-0.15, -0.1) is 11.3 Å². The quantitative estimate of drug-likeness (QED) is 0.461. The monoisotopic (exact) mass is 454 g/mol. The van der Waals surface area contributed by atoms with Gasteiger partial charge in [-0.2, -0.15) is 0 Å². The third kappa shape index (κ3) is 3.60. The number of rotatable bonds is 4. The summed E-state index contributed by atoms with van der Waals surface area (Å²) in [4.78, 5) is 19.8. The number of benzene rings is 1. The van der Waals surface area contributed by atoms with Crippen molar-refractivity contribution < 1.29 is 14.4 Å². The van der Waals surface area contributed by atoms with Crippen molar-refractivity contribution >= 4 is 38.7 Å². The highest BCUT2D eigenvalue weighted by molar-refractivity contribution is 7.22. The summed E-state index contributed by atoms with van der Waals surface area (Å²) in [5, 5.41) is 12.0. The molecule has 1 aromatic carbocycles. The minimum absolute atomic E-state index is 0.0652. The second-order valence-corrected chi connectivity index (χ2v) is 9.62.